The van der Waals surface area contributed by atoms with Crippen molar-refractivity contribution in [1.29, 1.82) is 0 Å². The van der Waals surface area contributed by atoms with Crippen molar-refractivity contribution in [3.05, 3.63) is 69.7 Å². The van der Waals surface area contributed by atoms with Gasteiger partial charge in [0.25, 0.3) is 11.8 Å². The van der Waals surface area contributed by atoms with E-state index in [9.17, 15) is 9.59 Å². The fourth-order valence-corrected chi connectivity index (χ4v) is 5.33. The molecule has 2 fully saturated rings. The zero-order valence-corrected chi connectivity index (χ0v) is 19.4. The second-order valence-corrected chi connectivity index (χ2v) is 9.25. The van der Waals surface area contributed by atoms with E-state index in [0.717, 1.165) is 17.0 Å². The fourth-order valence-electron chi connectivity index (χ4n) is 4.93. The highest BCUT2D eigenvalue weighted by Crippen LogP contribution is 2.52. The smallest absolute Gasteiger partial charge is 0.254 e. The molecule has 0 radical (unpaired) electrons. The Morgan fingerprint density at radius 2 is 1.70 bits per heavy atom. The molecule has 3 aliphatic rings. The summed E-state index contributed by atoms with van der Waals surface area (Å²) < 4.78 is 11.7. The maximum absolute atomic E-state index is 12.8. The summed E-state index contributed by atoms with van der Waals surface area (Å²) in [5, 5.41) is 6.23. The van der Waals surface area contributed by atoms with Crippen molar-refractivity contribution < 1.29 is 19.1 Å². The van der Waals surface area contributed by atoms with Crippen molar-refractivity contribution in [3.63, 3.8) is 0 Å². The molecule has 4 atom stereocenters. The third kappa shape index (κ3) is 4.02. The molecule has 2 amide bonds. The molecule has 1 heterocycles. The minimum Gasteiger partial charge on any atom is -0.490 e. The standard InChI is InChI=1S/C25H22Cl2N2O4/c1-2-32-20-10-15(9-19(27)23(20)33-13-14-3-7-18(26)8-4-14)12-28-29-24(30)21-16-5-6-17(11-16)22(21)25(29)31/h3-10,12,16-17,21-22H,2,11,13H2,1H3/b28-12-/t16-,17-,21-,22+/m0/s1. The van der Waals surface area contributed by atoms with Crippen LogP contribution in [-0.2, 0) is 16.2 Å². The average molecular weight is 485 g/mol. The van der Waals surface area contributed by atoms with Gasteiger partial charge in [-0.1, -0.05) is 47.5 Å². The van der Waals surface area contributed by atoms with Crippen LogP contribution in [0.4, 0.5) is 0 Å². The summed E-state index contributed by atoms with van der Waals surface area (Å²) in [5.74, 6) is 0.149. The van der Waals surface area contributed by atoms with Gasteiger partial charge in [0.1, 0.15) is 6.61 Å². The highest BCUT2D eigenvalue weighted by molar-refractivity contribution is 6.32. The van der Waals surface area contributed by atoms with Gasteiger partial charge in [0.15, 0.2) is 11.5 Å². The molecule has 2 bridgehead atoms. The van der Waals surface area contributed by atoms with Gasteiger partial charge in [-0.25, -0.2) is 0 Å². The molecule has 0 N–H and O–H groups in total. The molecule has 170 valence electrons. The number of amides is 2. The molecule has 1 saturated heterocycles. The summed E-state index contributed by atoms with van der Waals surface area (Å²) in [4.78, 5) is 25.6. The Morgan fingerprint density at radius 1 is 1.03 bits per heavy atom. The molecular weight excluding hydrogens is 463 g/mol. The van der Waals surface area contributed by atoms with Crippen molar-refractivity contribution in [2.24, 2.45) is 28.8 Å². The molecule has 0 spiro atoms. The first kappa shape index (κ1) is 22.0. The van der Waals surface area contributed by atoms with Crippen molar-refractivity contribution in [2.75, 3.05) is 6.61 Å². The fraction of sp³-hybridized carbons (Fsp3) is 0.320. The second-order valence-electron chi connectivity index (χ2n) is 8.41. The van der Waals surface area contributed by atoms with E-state index in [2.05, 4.69) is 17.3 Å². The van der Waals surface area contributed by atoms with Crippen LogP contribution in [0.2, 0.25) is 10.0 Å². The highest BCUT2D eigenvalue weighted by atomic mass is 35.5. The quantitative estimate of drug-likeness (QED) is 0.311. The van der Waals surface area contributed by atoms with E-state index in [1.54, 1.807) is 24.3 Å². The largest absolute Gasteiger partial charge is 0.490 e. The lowest BCUT2D eigenvalue weighted by Crippen LogP contribution is -2.28. The van der Waals surface area contributed by atoms with Crippen LogP contribution in [-0.4, -0.2) is 29.6 Å². The van der Waals surface area contributed by atoms with Crippen LogP contribution >= 0.6 is 23.2 Å². The predicted molar refractivity (Wildman–Crippen MR) is 126 cm³/mol. The number of fused-ring (bicyclic) bond motifs is 5. The number of allylic oxidation sites excluding steroid dienone is 2. The van der Waals surface area contributed by atoms with E-state index in [0.29, 0.717) is 40.3 Å². The highest BCUT2D eigenvalue weighted by Gasteiger charge is 2.59. The van der Waals surface area contributed by atoms with Gasteiger partial charge < -0.3 is 9.47 Å². The van der Waals surface area contributed by atoms with Crippen LogP contribution in [0, 0.1) is 23.7 Å². The minimum atomic E-state index is -0.282. The Hall–Kier alpha value is -2.83. The number of nitrogens with zero attached hydrogens (tertiary/aromatic N) is 2. The lowest BCUT2D eigenvalue weighted by atomic mass is 9.85. The molecule has 5 rings (SSSR count). The molecule has 0 aromatic heterocycles. The normalized spacial score (nSPS) is 25.4. The summed E-state index contributed by atoms with van der Waals surface area (Å²) in [6.45, 7) is 2.57. The topological polar surface area (TPSA) is 68.2 Å². The third-order valence-electron chi connectivity index (χ3n) is 6.40. The summed E-state index contributed by atoms with van der Waals surface area (Å²) in [5.41, 5.74) is 1.53. The molecule has 8 heteroatoms. The van der Waals surface area contributed by atoms with Gasteiger partial charge in [0.2, 0.25) is 0 Å². The van der Waals surface area contributed by atoms with Gasteiger partial charge in [-0.05, 0) is 60.6 Å². The molecule has 1 saturated carbocycles. The second kappa shape index (κ2) is 8.84. The molecule has 2 aromatic carbocycles. The monoisotopic (exact) mass is 484 g/mol. The Balaban J connectivity index is 1.34. The Labute approximate surface area is 201 Å². The number of halogens is 2. The average Bonchev–Trinajstić information content (AvgIpc) is 3.47. The first-order valence-electron chi connectivity index (χ1n) is 10.9. The maximum atomic E-state index is 12.8. The van der Waals surface area contributed by atoms with Crippen molar-refractivity contribution in [3.8, 4) is 11.5 Å². The molecule has 33 heavy (non-hydrogen) atoms. The van der Waals surface area contributed by atoms with Crippen LogP contribution in [0.15, 0.2) is 53.7 Å². The summed E-state index contributed by atoms with van der Waals surface area (Å²) in [7, 11) is 0. The number of benzene rings is 2. The number of rotatable bonds is 7. The first-order chi connectivity index (χ1) is 16.0. The third-order valence-corrected chi connectivity index (χ3v) is 6.93. The van der Waals surface area contributed by atoms with E-state index in [1.807, 2.05) is 19.1 Å². The summed E-state index contributed by atoms with van der Waals surface area (Å²) in [6.07, 6.45) is 6.46. The number of ether oxygens (including phenoxy) is 2. The minimum absolute atomic E-state index is 0.146. The van der Waals surface area contributed by atoms with Crippen LogP contribution in [0.3, 0.4) is 0 Å². The lowest BCUT2D eigenvalue weighted by molar-refractivity contribution is -0.140. The van der Waals surface area contributed by atoms with Crippen LogP contribution in [0.1, 0.15) is 24.5 Å². The Morgan fingerprint density at radius 3 is 2.33 bits per heavy atom. The van der Waals surface area contributed by atoms with Crippen LogP contribution in [0.5, 0.6) is 11.5 Å². The predicted octanol–water partition coefficient (Wildman–Crippen LogP) is 5.11. The van der Waals surface area contributed by atoms with Crippen molar-refractivity contribution >= 4 is 41.2 Å². The number of hydrazone groups is 1. The van der Waals surface area contributed by atoms with Crippen LogP contribution < -0.4 is 9.47 Å². The van der Waals surface area contributed by atoms with Gasteiger partial charge >= 0.3 is 0 Å². The van der Waals surface area contributed by atoms with Crippen molar-refractivity contribution in [1.82, 2.24) is 5.01 Å². The molecular formula is C25H22Cl2N2O4. The van der Waals surface area contributed by atoms with Gasteiger partial charge in [-0.2, -0.15) is 10.1 Å². The van der Waals surface area contributed by atoms with E-state index in [1.165, 1.54) is 6.21 Å². The summed E-state index contributed by atoms with van der Waals surface area (Å²) >= 11 is 12.4. The number of carbonyl (C=O) groups is 2. The van der Waals surface area contributed by atoms with E-state index in [4.69, 9.17) is 32.7 Å². The molecule has 6 nitrogen and oxygen atoms in total. The lowest BCUT2D eigenvalue weighted by Gasteiger charge is -2.15. The first-order valence-corrected chi connectivity index (χ1v) is 11.7. The molecule has 1 aliphatic heterocycles. The SMILES string of the molecule is CCOc1cc(/C=N\N2C(=O)[C@@H]3[C@H](C2=O)[C@H]2C=C[C@H]3C2)cc(Cl)c1OCc1ccc(Cl)cc1. The van der Waals surface area contributed by atoms with Gasteiger partial charge in [0.05, 0.1) is 29.7 Å². The van der Waals surface area contributed by atoms with Crippen molar-refractivity contribution in [2.45, 2.75) is 20.0 Å². The molecule has 2 aromatic rings. The van der Waals surface area contributed by atoms with Gasteiger partial charge in [-0.15, -0.1) is 0 Å². The van der Waals surface area contributed by atoms with Crippen LogP contribution in [0.25, 0.3) is 0 Å². The van der Waals surface area contributed by atoms with Gasteiger partial charge in [-0.3, -0.25) is 9.59 Å². The Bertz CT molecular complexity index is 1130. The van der Waals surface area contributed by atoms with Gasteiger partial charge in [0, 0.05) is 5.02 Å². The molecule has 2 aliphatic carbocycles. The zero-order valence-electron chi connectivity index (χ0n) is 17.9. The number of hydrogen-bond acceptors (Lipinski definition) is 5. The number of carbonyl (C=O) groups excluding carboxylic acids is 2. The zero-order chi connectivity index (χ0) is 23.1. The number of imide groups is 1. The van der Waals surface area contributed by atoms with E-state index < -0.39 is 0 Å². The summed E-state index contributed by atoms with van der Waals surface area (Å²) in [6, 6.07) is 10.7. The van der Waals surface area contributed by atoms with E-state index >= 15 is 0 Å². The maximum Gasteiger partial charge on any atom is 0.254 e. The number of hydrogen-bond donors (Lipinski definition) is 0. The molecule has 0 unspecified atom stereocenters. The Kier molecular flexibility index (Phi) is 5.89. The van der Waals surface area contributed by atoms with E-state index in [-0.39, 0.29) is 35.5 Å².